The van der Waals surface area contributed by atoms with Gasteiger partial charge in [-0.2, -0.15) is 0 Å². The van der Waals surface area contributed by atoms with Crippen molar-refractivity contribution in [2.45, 2.75) is 0 Å². The van der Waals surface area contributed by atoms with Crippen LogP contribution in [0.1, 0.15) is 0 Å². The summed E-state index contributed by atoms with van der Waals surface area (Å²) in [5.41, 5.74) is 1.39. The van der Waals surface area contributed by atoms with Crippen LogP contribution in [0.2, 0.25) is 0 Å². The molecular formula is C13H10S. The highest BCUT2D eigenvalue weighted by Crippen LogP contribution is 2.32. The summed E-state index contributed by atoms with van der Waals surface area (Å²) in [6.07, 6.45) is 8.83. The van der Waals surface area contributed by atoms with E-state index in [-0.39, 0.29) is 0 Å². The van der Waals surface area contributed by atoms with Crippen LogP contribution in [0.25, 0.3) is 11.0 Å². The summed E-state index contributed by atoms with van der Waals surface area (Å²) in [7, 11) is 0. The first-order valence-corrected chi connectivity index (χ1v) is 5.75. The van der Waals surface area contributed by atoms with Crippen LogP contribution >= 0.6 is 11.8 Å². The minimum absolute atomic E-state index is 1.11. The molecule has 0 aromatic heterocycles. The van der Waals surface area contributed by atoms with Gasteiger partial charge in [0.15, 0.2) is 0 Å². The predicted molar refractivity (Wildman–Crippen MR) is 63.2 cm³/mol. The predicted octanol–water partition coefficient (Wildman–Crippen LogP) is 1.82. The van der Waals surface area contributed by atoms with E-state index in [0.717, 1.165) is 5.75 Å². The highest BCUT2D eigenvalue weighted by atomic mass is 32.2. The molecule has 2 aliphatic rings. The first-order valence-electron chi connectivity index (χ1n) is 4.76. The van der Waals surface area contributed by atoms with Crippen LogP contribution in [0.15, 0.2) is 48.1 Å². The second-order valence-electron chi connectivity index (χ2n) is 3.41. The zero-order valence-corrected chi connectivity index (χ0v) is 8.55. The van der Waals surface area contributed by atoms with Gasteiger partial charge < -0.3 is 0 Å². The van der Waals surface area contributed by atoms with Crippen molar-refractivity contribution in [1.82, 2.24) is 0 Å². The summed E-state index contributed by atoms with van der Waals surface area (Å²) in [4.78, 5) is 1.44. The third-order valence-electron chi connectivity index (χ3n) is 2.55. The first-order chi connectivity index (χ1) is 6.95. The lowest BCUT2D eigenvalue weighted by Crippen LogP contribution is -2.24. The fourth-order valence-corrected chi connectivity index (χ4v) is 2.96. The van der Waals surface area contributed by atoms with Gasteiger partial charge in [-0.15, -0.1) is 11.8 Å². The fraction of sp³-hybridized carbons (Fsp3) is 0.0769. The van der Waals surface area contributed by atoms with E-state index in [0.29, 0.717) is 0 Å². The molecule has 0 spiro atoms. The van der Waals surface area contributed by atoms with Crippen LogP contribution in [-0.4, -0.2) is 5.75 Å². The topological polar surface area (TPSA) is 0 Å². The Morgan fingerprint density at radius 2 is 2.07 bits per heavy atom. The molecule has 0 nitrogen and oxygen atoms in total. The van der Waals surface area contributed by atoms with Crippen LogP contribution in [0.4, 0.5) is 0 Å². The summed E-state index contributed by atoms with van der Waals surface area (Å²) in [5, 5.41) is 2.71. The van der Waals surface area contributed by atoms with Crippen molar-refractivity contribution in [3.05, 3.63) is 58.5 Å². The van der Waals surface area contributed by atoms with Crippen LogP contribution in [-0.2, 0) is 0 Å². The van der Waals surface area contributed by atoms with Gasteiger partial charge >= 0.3 is 0 Å². The lowest BCUT2D eigenvalue weighted by molar-refractivity contribution is 1.52. The largest absolute Gasteiger partial charge is 0.121 e. The lowest BCUT2D eigenvalue weighted by atomic mass is 10.2. The van der Waals surface area contributed by atoms with Gasteiger partial charge in [0.05, 0.1) is 0 Å². The summed E-state index contributed by atoms with van der Waals surface area (Å²) in [6.45, 7) is 0. The van der Waals surface area contributed by atoms with Crippen molar-refractivity contribution in [1.29, 1.82) is 0 Å². The fourth-order valence-electron chi connectivity index (χ4n) is 1.87. The Morgan fingerprint density at radius 3 is 3.07 bits per heavy atom. The summed E-state index contributed by atoms with van der Waals surface area (Å²) in [5.74, 6) is 1.11. The zero-order valence-electron chi connectivity index (χ0n) is 7.73. The molecule has 0 N–H and O–H groups in total. The van der Waals surface area contributed by atoms with Gasteiger partial charge in [0.2, 0.25) is 0 Å². The number of fused-ring (bicyclic) bond motifs is 2. The third kappa shape index (κ3) is 1.17. The van der Waals surface area contributed by atoms with Crippen molar-refractivity contribution in [3.8, 4) is 0 Å². The summed E-state index contributed by atoms with van der Waals surface area (Å²) < 4.78 is 0. The SMILES string of the molecule is C1=CC2=CCSC2=c2ccccc2=C1. The molecule has 0 saturated carbocycles. The number of allylic oxidation sites excluding steroid dienone is 2. The second-order valence-corrected chi connectivity index (χ2v) is 4.44. The minimum atomic E-state index is 1.11. The van der Waals surface area contributed by atoms with Gasteiger partial charge in [-0.1, -0.05) is 48.6 Å². The van der Waals surface area contributed by atoms with Crippen molar-refractivity contribution in [2.75, 3.05) is 5.75 Å². The molecule has 0 atom stereocenters. The molecule has 1 aromatic rings. The smallest absolute Gasteiger partial charge is 0.0223 e. The average Bonchev–Trinajstić information content (AvgIpc) is 2.61. The third-order valence-corrected chi connectivity index (χ3v) is 3.63. The molecule has 1 heteroatoms. The van der Waals surface area contributed by atoms with E-state index in [9.17, 15) is 0 Å². The van der Waals surface area contributed by atoms with E-state index in [2.05, 4.69) is 48.6 Å². The molecule has 0 fully saturated rings. The highest BCUT2D eigenvalue weighted by molar-refractivity contribution is 8.08. The Labute approximate surface area is 87.3 Å². The van der Waals surface area contributed by atoms with E-state index in [4.69, 9.17) is 0 Å². The minimum Gasteiger partial charge on any atom is -0.121 e. The Balaban J connectivity index is 2.48. The van der Waals surface area contributed by atoms with Gasteiger partial charge in [-0.3, -0.25) is 0 Å². The lowest BCUT2D eigenvalue weighted by Gasteiger charge is -1.98. The van der Waals surface area contributed by atoms with Crippen molar-refractivity contribution >= 4 is 22.7 Å². The molecule has 1 heterocycles. The van der Waals surface area contributed by atoms with Crippen molar-refractivity contribution in [2.24, 2.45) is 0 Å². The molecule has 0 bridgehead atoms. The van der Waals surface area contributed by atoms with E-state index in [1.54, 1.807) is 0 Å². The second kappa shape index (κ2) is 3.18. The van der Waals surface area contributed by atoms with E-state index in [1.165, 1.54) is 20.9 Å². The van der Waals surface area contributed by atoms with E-state index >= 15 is 0 Å². The zero-order chi connectivity index (χ0) is 9.38. The molecule has 0 saturated heterocycles. The maximum Gasteiger partial charge on any atom is 0.0223 e. The molecule has 1 aliphatic heterocycles. The Bertz CT molecular complexity index is 547. The van der Waals surface area contributed by atoms with Crippen LogP contribution in [0, 0.1) is 0 Å². The van der Waals surface area contributed by atoms with Crippen LogP contribution in [0.3, 0.4) is 0 Å². The standard InChI is InChI=1S/C13H10S/c1-2-7-12-10(4-1)5-3-6-11-8-9-14-13(11)12/h1-8H,9H2. The molecule has 3 rings (SSSR count). The average molecular weight is 198 g/mol. The molecular weight excluding hydrogens is 188 g/mol. The molecule has 1 aromatic carbocycles. The molecule has 0 radical (unpaired) electrons. The van der Waals surface area contributed by atoms with Crippen LogP contribution in [0.5, 0.6) is 0 Å². The Morgan fingerprint density at radius 1 is 1.14 bits per heavy atom. The van der Waals surface area contributed by atoms with Crippen LogP contribution < -0.4 is 10.4 Å². The monoisotopic (exact) mass is 198 g/mol. The maximum absolute atomic E-state index is 2.30. The highest BCUT2D eigenvalue weighted by Gasteiger charge is 2.11. The number of hydrogen-bond acceptors (Lipinski definition) is 1. The summed E-state index contributed by atoms with van der Waals surface area (Å²) in [6, 6.07) is 8.59. The quantitative estimate of drug-likeness (QED) is 0.613. The van der Waals surface area contributed by atoms with Crippen molar-refractivity contribution < 1.29 is 0 Å². The number of hydrogen-bond donors (Lipinski definition) is 0. The summed E-state index contributed by atoms with van der Waals surface area (Å²) >= 11 is 1.94. The molecule has 68 valence electrons. The first kappa shape index (κ1) is 8.13. The van der Waals surface area contributed by atoms with Gasteiger partial charge in [0, 0.05) is 10.7 Å². The molecule has 0 unspecified atom stereocenters. The van der Waals surface area contributed by atoms with E-state index < -0.39 is 0 Å². The number of benzene rings is 1. The van der Waals surface area contributed by atoms with Crippen molar-refractivity contribution in [3.63, 3.8) is 0 Å². The maximum atomic E-state index is 2.30. The molecule has 14 heavy (non-hydrogen) atoms. The van der Waals surface area contributed by atoms with Gasteiger partial charge in [0.1, 0.15) is 0 Å². The number of rotatable bonds is 0. The Kier molecular flexibility index (Phi) is 1.84. The molecule has 1 aliphatic carbocycles. The van der Waals surface area contributed by atoms with Gasteiger partial charge in [0.25, 0.3) is 0 Å². The Hall–Kier alpha value is -1.21. The number of thioether (sulfide) groups is 1. The van der Waals surface area contributed by atoms with Gasteiger partial charge in [-0.05, 0) is 16.0 Å². The molecule has 0 amide bonds. The normalized spacial score (nSPS) is 18.0. The van der Waals surface area contributed by atoms with E-state index in [1.807, 2.05) is 11.8 Å². The van der Waals surface area contributed by atoms with Gasteiger partial charge in [-0.25, -0.2) is 0 Å².